The molecule has 1 nitrogen and oxygen atoms in total. The quantitative estimate of drug-likeness (QED) is 0.691. The van der Waals surface area contributed by atoms with E-state index in [0.717, 1.165) is 0 Å². The first-order chi connectivity index (χ1) is 6.88. The van der Waals surface area contributed by atoms with E-state index in [1.165, 1.54) is 64.2 Å². The lowest BCUT2D eigenvalue weighted by Gasteiger charge is -2.30. The Labute approximate surface area is 83.8 Å². The summed E-state index contributed by atoms with van der Waals surface area (Å²) in [5.41, 5.74) is 0. The van der Waals surface area contributed by atoms with E-state index in [-0.39, 0.29) is 0 Å². The summed E-state index contributed by atoms with van der Waals surface area (Å²) in [4.78, 5) is 0. The lowest BCUT2D eigenvalue weighted by atomic mass is 9.91. The lowest BCUT2D eigenvalue weighted by Crippen LogP contribution is -2.40. The molecule has 0 saturated heterocycles. The molecule has 2 rings (SSSR count). The monoisotopic (exact) mass is 182 g/mol. The zero-order chi connectivity index (χ0) is 9.80. The van der Waals surface area contributed by atoms with Gasteiger partial charge in [0, 0.05) is 12.1 Å². The van der Waals surface area contributed by atoms with E-state index in [9.17, 15) is 0 Å². The van der Waals surface area contributed by atoms with Gasteiger partial charge in [0.1, 0.15) is 1.41 Å². The van der Waals surface area contributed by atoms with Gasteiger partial charge in [-0.1, -0.05) is 38.5 Å². The predicted octanol–water partition coefficient (Wildman–Crippen LogP) is 3.24. The molecule has 0 radical (unpaired) electrons. The molecule has 0 unspecified atom stereocenters. The largest absolute Gasteiger partial charge is 0.311 e. The van der Waals surface area contributed by atoms with Crippen molar-refractivity contribution in [3.05, 3.63) is 0 Å². The number of hydrogen-bond donors (Lipinski definition) is 1. The summed E-state index contributed by atoms with van der Waals surface area (Å²) in [5, 5.41) is 1.97. The molecule has 0 atom stereocenters. The fourth-order valence-corrected chi connectivity index (χ4v) is 2.76. The van der Waals surface area contributed by atoms with Crippen LogP contribution in [0.4, 0.5) is 0 Å². The van der Waals surface area contributed by atoms with Gasteiger partial charge in [-0.15, -0.1) is 0 Å². The number of nitrogens with one attached hydrogen (secondary N) is 1. The molecule has 0 bridgehead atoms. The first kappa shape index (κ1) is 8.28. The van der Waals surface area contributed by atoms with Crippen LogP contribution in [0.5, 0.6) is 0 Å². The van der Waals surface area contributed by atoms with E-state index in [2.05, 4.69) is 0 Å². The summed E-state index contributed by atoms with van der Waals surface area (Å²) < 4.78 is 8.19. The van der Waals surface area contributed by atoms with E-state index in [1.54, 1.807) is 0 Å². The van der Waals surface area contributed by atoms with E-state index in [4.69, 9.17) is 1.41 Å². The van der Waals surface area contributed by atoms with Crippen LogP contribution in [-0.2, 0) is 0 Å². The minimum atomic E-state index is 0.590. The highest BCUT2D eigenvalue weighted by Crippen LogP contribution is 2.22. The molecule has 76 valence electrons. The van der Waals surface area contributed by atoms with Crippen LogP contribution in [-0.4, -0.2) is 12.1 Å². The average Bonchev–Trinajstić information content (AvgIpc) is 2.30. The molecule has 0 aromatic carbocycles. The molecule has 13 heavy (non-hydrogen) atoms. The van der Waals surface area contributed by atoms with Crippen LogP contribution in [0.1, 0.15) is 64.2 Å². The summed E-state index contributed by atoms with van der Waals surface area (Å²) in [7, 11) is 0. The molecular weight excluding hydrogens is 158 g/mol. The van der Waals surface area contributed by atoms with Crippen molar-refractivity contribution in [3.8, 4) is 0 Å². The van der Waals surface area contributed by atoms with Crippen LogP contribution in [0.15, 0.2) is 0 Å². The Morgan fingerprint density at radius 2 is 1.08 bits per heavy atom. The zero-order valence-electron chi connectivity index (χ0n) is 9.67. The molecule has 0 heterocycles. The Kier molecular flexibility index (Phi) is 3.18. The minimum Gasteiger partial charge on any atom is -0.311 e. The third-order valence-electron chi connectivity index (χ3n) is 3.57. The standard InChI is InChI=1S/C12H23N/c1-3-7-11(8-4-1)13-12-9-5-2-6-10-12/h11-13H,1-10H2/i/hD. The second-order valence-corrected chi connectivity index (χ2v) is 4.73. The van der Waals surface area contributed by atoms with Gasteiger partial charge >= 0.3 is 0 Å². The summed E-state index contributed by atoms with van der Waals surface area (Å²) in [6.07, 6.45) is 13.3. The molecule has 1 heteroatoms. The van der Waals surface area contributed by atoms with Gasteiger partial charge in [-0.3, -0.25) is 0 Å². The van der Waals surface area contributed by atoms with Crippen molar-refractivity contribution in [2.45, 2.75) is 76.3 Å². The van der Waals surface area contributed by atoms with Crippen LogP contribution in [0.25, 0.3) is 0 Å². The lowest BCUT2D eigenvalue weighted by molar-refractivity contribution is 0.291. The van der Waals surface area contributed by atoms with Gasteiger partial charge in [-0.2, -0.15) is 0 Å². The van der Waals surface area contributed by atoms with Crippen molar-refractivity contribution < 1.29 is 1.41 Å². The predicted molar refractivity (Wildman–Crippen MR) is 56.9 cm³/mol. The molecule has 0 spiro atoms. The van der Waals surface area contributed by atoms with E-state index < -0.39 is 0 Å². The van der Waals surface area contributed by atoms with Crippen molar-refractivity contribution >= 4 is 0 Å². The molecule has 0 aliphatic heterocycles. The molecule has 2 aliphatic carbocycles. The van der Waals surface area contributed by atoms with Crippen molar-refractivity contribution in [2.24, 2.45) is 0 Å². The van der Waals surface area contributed by atoms with E-state index >= 15 is 0 Å². The van der Waals surface area contributed by atoms with Gasteiger partial charge in [0.25, 0.3) is 0 Å². The van der Waals surface area contributed by atoms with Crippen LogP contribution >= 0.6 is 0 Å². The zero-order valence-corrected chi connectivity index (χ0v) is 8.67. The highest BCUT2D eigenvalue weighted by atomic mass is 14.9. The molecule has 0 amide bonds. The Balaban J connectivity index is 1.82. The Hall–Kier alpha value is -0.0400. The summed E-state index contributed by atoms with van der Waals surface area (Å²) in [6.45, 7) is 0. The van der Waals surface area contributed by atoms with Crippen molar-refractivity contribution in [3.63, 3.8) is 0 Å². The smallest absolute Gasteiger partial charge is 0.123 e. The summed E-state index contributed by atoms with van der Waals surface area (Å²) in [5.74, 6) is 0. The number of rotatable bonds is 2. The van der Waals surface area contributed by atoms with Gasteiger partial charge in [0.15, 0.2) is 0 Å². The van der Waals surface area contributed by atoms with Gasteiger partial charge in [-0.25, -0.2) is 0 Å². The fraction of sp³-hybridized carbons (Fsp3) is 1.00. The molecule has 0 aromatic rings. The average molecular weight is 182 g/mol. The van der Waals surface area contributed by atoms with Crippen molar-refractivity contribution in [2.75, 3.05) is 0 Å². The number of hydrogen-bond acceptors (Lipinski definition) is 1. The summed E-state index contributed by atoms with van der Waals surface area (Å²) >= 11 is 0. The molecule has 2 saturated carbocycles. The Bertz CT molecular complexity index is 142. The molecule has 2 aliphatic rings. The topological polar surface area (TPSA) is 12.0 Å². The van der Waals surface area contributed by atoms with Crippen molar-refractivity contribution in [1.82, 2.24) is 5.31 Å². The molecule has 0 aromatic heterocycles. The van der Waals surface area contributed by atoms with Crippen LogP contribution < -0.4 is 5.31 Å². The maximum atomic E-state index is 8.19. The van der Waals surface area contributed by atoms with Crippen LogP contribution in [0.2, 0.25) is 1.41 Å². The second kappa shape index (κ2) is 4.99. The van der Waals surface area contributed by atoms with Gasteiger partial charge < -0.3 is 5.31 Å². The first-order valence-corrected chi connectivity index (χ1v) is 6.15. The fourth-order valence-electron chi connectivity index (χ4n) is 2.76. The van der Waals surface area contributed by atoms with E-state index in [0.29, 0.717) is 12.1 Å². The van der Waals surface area contributed by atoms with Crippen LogP contribution in [0.3, 0.4) is 0 Å². The Morgan fingerprint density at radius 3 is 1.46 bits per heavy atom. The highest BCUT2D eigenvalue weighted by molar-refractivity contribution is 4.79. The first-order valence-electron chi connectivity index (χ1n) is 6.60. The third kappa shape index (κ3) is 2.98. The third-order valence-corrected chi connectivity index (χ3v) is 3.57. The second-order valence-electron chi connectivity index (χ2n) is 4.73. The van der Waals surface area contributed by atoms with Gasteiger partial charge in [0.05, 0.1) is 0 Å². The Morgan fingerprint density at radius 1 is 0.692 bits per heavy atom. The maximum absolute atomic E-state index is 8.19. The maximum Gasteiger partial charge on any atom is 0.123 e. The minimum absolute atomic E-state index is 0.590. The molecular formula is C12H23N. The highest BCUT2D eigenvalue weighted by Gasteiger charge is 2.19. The van der Waals surface area contributed by atoms with Gasteiger partial charge in [0.2, 0.25) is 0 Å². The van der Waals surface area contributed by atoms with Crippen molar-refractivity contribution in [1.29, 1.82) is 0 Å². The van der Waals surface area contributed by atoms with E-state index in [1.807, 2.05) is 5.31 Å². The van der Waals surface area contributed by atoms with Crippen LogP contribution in [0, 0.1) is 0 Å². The normalized spacial score (nSPS) is 29.2. The SMILES string of the molecule is [2H]N(C1CCCCC1)C1CCCCC1. The molecule has 2 fully saturated rings. The van der Waals surface area contributed by atoms with Gasteiger partial charge in [-0.05, 0) is 25.7 Å². The molecule has 1 N–H and O–H groups in total. The summed E-state index contributed by atoms with van der Waals surface area (Å²) in [6, 6.07) is 1.18.